The highest BCUT2D eigenvalue weighted by Gasteiger charge is 2.21. The molecule has 198 valence electrons. The predicted molar refractivity (Wildman–Crippen MR) is 147 cm³/mol. The van der Waals surface area contributed by atoms with E-state index in [1.807, 2.05) is 24.3 Å². The molecule has 9 heteroatoms. The van der Waals surface area contributed by atoms with Gasteiger partial charge in [-0.2, -0.15) is 0 Å². The van der Waals surface area contributed by atoms with Gasteiger partial charge in [-0.25, -0.2) is 9.97 Å². The molecule has 4 heterocycles. The zero-order valence-corrected chi connectivity index (χ0v) is 21.8. The van der Waals surface area contributed by atoms with Crippen molar-refractivity contribution in [3.05, 3.63) is 83.3 Å². The summed E-state index contributed by atoms with van der Waals surface area (Å²) in [5, 5.41) is 9.17. The van der Waals surface area contributed by atoms with E-state index in [2.05, 4.69) is 66.0 Å². The Hall–Kier alpha value is -3.82. The molecule has 38 heavy (non-hydrogen) atoms. The third-order valence-electron chi connectivity index (χ3n) is 7.02. The van der Waals surface area contributed by atoms with Gasteiger partial charge in [0, 0.05) is 57.4 Å². The normalized spacial score (nSPS) is 22.9. The summed E-state index contributed by atoms with van der Waals surface area (Å²) in [6.45, 7) is 6.83. The van der Waals surface area contributed by atoms with Crippen LogP contribution in [-0.4, -0.2) is 76.9 Å². The van der Waals surface area contributed by atoms with Gasteiger partial charge in [0.15, 0.2) is 0 Å². The first kappa shape index (κ1) is 25.8. The smallest absolute Gasteiger partial charge is 0.242 e. The van der Waals surface area contributed by atoms with Gasteiger partial charge in [0.05, 0.1) is 12.2 Å². The number of hydrogen-bond donors (Lipinski definition) is 3. The van der Waals surface area contributed by atoms with E-state index in [4.69, 9.17) is 0 Å². The Bertz CT molecular complexity index is 1270. The first-order chi connectivity index (χ1) is 18.5. The number of fused-ring (bicyclic) bond motifs is 9. The summed E-state index contributed by atoms with van der Waals surface area (Å²) in [4.78, 5) is 38.6. The van der Waals surface area contributed by atoms with E-state index in [0.29, 0.717) is 19.5 Å². The Labute approximate surface area is 223 Å². The zero-order valence-electron chi connectivity index (χ0n) is 21.8. The lowest BCUT2D eigenvalue weighted by molar-refractivity contribution is -0.129. The summed E-state index contributed by atoms with van der Waals surface area (Å²) in [7, 11) is 0. The molecule has 3 aromatic rings. The molecule has 2 amide bonds. The highest BCUT2D eigenvalue weighted by atomic mass is 16.2. The number of piperazine rings is 1. The van der Waals surface area contributed by atoms with Crippen molar-refractivity contribution in [1.29, 1.82) is 0 Å². The number of nitrogens with one attached hydrogen (secondary N) is 3. The molecule has 0 spiro atoms. The number of rotatable bonds is 0. The maximum absolute atomic E-state index is 12.6. The van der Waals surface area contributed by atoms with E-state index in [9.17, 15) is 9.59 Å². The van der Waals surface area contributed by atoms with E-state index < -0.39 is 6.04 Å². The molecule has 3 aliphatic rings. The fourth-order valence-electron chi connectivity index (χ4n) is 4.96. The standard InChI is InChI=1S/C29H35N7O2/c1-21-29(38)30-9-8-22-4-3-7-25(15-22)34-27-17-26(31-20-32-27)16-23-5-2-6-24(14-23)18-35-10-12-36(13-11-35)19-28(37)33-21/h2-7,14-15,17,20-21H,8-13,16,18-19H2,1H3,(H,30,38)(H,33,37)(H,31,32,34). The second-order valence-corrected chi connectivity index (χ2v) is 10.1. The predicted octanol–water partition coefficient (Wildman–Crippen LogP) is 2.11. The van der Waals surface area contributed by atoms with Crippen LogP contribution in [0.4, 0.5) is 11.5 Å². The monoisotopic (exact) mass is 513 g/mol. The van der Waals surface area contributed by atoms with Crippen LogP contribution in [0.2, 0.25) is 0 Å². The van der Waals surface area contributed by atoms with E-state index >= 15 is 0 Å². The minimum absolute atomic E-state index is 0.118. The Balaban J connectivity index is 1.34. The quantitative estimate of drug-likeness (QED) is 0.423. The average molecular weight is 514 g/mol. The fraction of sp³-hybridized carbons (Fsp3) is 0.379. The van der Waals surface area contributed by atoms with Gasteiger partial charge >= 0.3 is 0 Å². The van der Waals surface area contributed by atoms with Crippen molar-refractivity contribution in [3.8, 4) is 0 Å². The van der Waals surface area contributed by atoms with Crippen LogP contribution in [0.5, 0.6) is 0 Å². The van der Waals surface area contributed by atoms with Crippen LogP contribution in [0.15, 0.2) is 60.9 Å². The summed E-state index contributed by atoms with van der Waals surface area (Å²) in [5.41, 5.74) is 5.46. The van der Waals surface area contributed by atoms with Gasteiger partial charge in [0.1, 0.15) is 18.2 Å². The molecule has 9 nitrogen and oxygen atoms in total. The number of aromatic nitrogens is 2. The van der Waals surface area contributed by atoms with Crippen molar-refractivity contribution in [1.82, 2.24) is 30.4 Å². The van der Waals surface area contributed by atoms with Crippen LogP contribution in [0.1, 0.15) is 29.3 Å². The van der Waals surface area contributed by atoms with Gasteiger partial charge in [-0.15, -0.1) is 0 Å². The number of hydrogen-bond acceptors (Lipinski definition) is 7. The topological polar surface area (TPSA) is 102 Å². The molecule has 8 bridgehead atoms. The molecule has 1 unspecified atom stereocenters. The lowest BCUT2D eigenvalue weighted by atomic mass is 10.1. The van der Waals surface area contributed by atoms with Crippen molar-refractivity contribution >= 4 is 23.3 Å². The number of nitrogens with zero attached hydrogens (tertiary/aromatic N) is 4. The molecule has 1 aromatic heterocycles. The van der Waals surface area contributed by atoms with Crippen LogP contribution < -0.4 is 16.0 Å². The summed E-state index contributed by atoms with van der Waals surface area (Å²) in [6.07, 6.45) is 3.01. The Morgan fingerprint density at radius 2 is 1.58 bits per heavy atom. The number of carbonyl (C=O) groups excluding carboxylic acids is 2. The minimum Gasteiger partial charge on any atom is -0.354 e. The van der Waals surface area contributed by atoms with Crippen molar-refractivity contribution < 1.29 is 9.59 Å². The molecule has 2 aromatic carbocycles. The van der Waals surface area contributed by atoms with Gasteiger partial charge in [0.2, 0.25) is 11.8 Å². The lowest BCUT2D eigenvalue weighted by Crippen LogP contribution is -2.52. The number of amides is 2. The Morgan fingerprint density at radius 1 is 0.842 bits per heavy atom. The molecule has 6 rings (SSSR count). The molecule has 3 aliphatic heterocycles. The van der Waals surface area contributed by atoms with Crippen LogP contribution in [0.25, 0.3) is 0 Å². The zero-order chi connectivity index (χ0) is 26.3. The van der Waals surface area contributed by atoms with Crippen molar-refractivity contribution in [2.45, 2.75) is 32.4 Å². The third kappa shape index (κ3) is 7.14. The van der Waals surface area contributed by atoms with Gasteiger partial charge in [-0.05, 0) is 42.2 Å². The maximum atomic E-state index is 12.6. The second-order valence-electron chi connectivity index (χ2n) is 10.1. The van der Waals surface area contributed by atoms with Crippen molar-refractivity contribution in [2.24, 2.45) is 0 Å². The van der Waals surface area contributed by atoms with E-state index in [-0.39, 0.29) is 11.8 Å². The molecule has 0 saturated carbocycles. The number of anilines is 2. The minimum atomic E-state index is -0.582. The van der Waals surface area contributed by atoms with Crippen LogP contribution in [-0.2, 0) is 29.0 Å². The molecule has 1 atom stereocenters. The van der Waals surface area contributed by atoms with E-state index in [1.54, 1.807) is 13.3 Å². The van der Waals surface area contributed by atoms with Gasteiger partial charge < -0.3 is 16.0 Å². The highest BCUT2D eigenvalue weighted by molar-refractivity contribution is 5.88. The van der Waals surface area contributed by atoms with Crippen LogP contribution >= 0.6 is 0 Å². The summed E-state index contributed by atoms with van der Waals surface area (Å²) in [6, 6.07) is 18.1. The Kier molecular flexibility index (Phi) is 8.25. The average Bonchev–Trinajstić information content (AvgIpc) is 2.90. The summed E-state index contributed by atoms with van der Waals surface area (Å²) in [5.74, 6) is 0.448. The molecular weight excluding hydrogens is 478 g/mol. The van der Waals surface area contributed by atoms with Crippen molar-refractivity contribution in [2.75, 3.05) is 44.6 Å². The molecule has 1 saturated heterocycles. The summed E-state index contributed by atoms with van der Waals surface area (Å²) >= 11 is 0. The first-order valence-corrected chi connectivity index (χ1v) is 13.3. The van der Waals surface area contributed by atoms with E-state index in [1.165, 1.54) is 11.1 Å². The SMILES string of the molecule is CC1NC(=O)CN2CCN(CC2)Cc2cccc(c2)Cc2cc(ncn2)Nc2cccc(c2)CCNC1=O. The van der Waals surface area contributed by atoms with Crippen LogP contribution in [0.3, 0.4) is 0 Å². The maximum Gasteiger partial charge on any atom is 0.242 e. The number of carbonyl (C=O) groups is 2. The summed E-state index contributed by atoms with van der Waals surface area (Å²) < 4.78 is 0. The fourth-order valence-corrected chi connectivity index (χ4v) is 4.96. The Morgan fingerprint density at radius 3 is 2.42 bits per heavy atom. The lowest BCUT2D eigenvalue weighted by Gasteiger charge is -2.34. The molecule has 3 N–H and O–H groups in total. The molecule has 0 aliphatic carbocycles. The molecular formula is C29H35N7O2. The van der Waals surface area contributed by atoms with Gasteiger partial charge in [0.25, 0.3) is 0 Å². The van der Waals surface area contributed by atoms with E-state index in [0.717, 1.165) is 61.9 Å². The largest absolute Gasteiger partial charge is 0.354 e. The second kappa shape index (κ2) is 12.1. The van der Waals surface area contributed by atoms with Crippen LogP contribution in [0, 0.1) is 0 Å². The van der Waals surface area contributed by atoms with Gasteiger partial charge in [-0.1, -0.05) is 36.4 Å². The third-order valence-corrected chi connectivity index (χ3v) is 7.02. The molecule has 0 radical (unpaired) electrons. The van der Waals surface area contributed by atoms with Gasteiger partial charge in [-0.3, -0.25) is 19.4 Å². The molecule has 1 fully saturated rings. The first-order valence-electron chi connectivity index (χ1n) is 13.3. The highest BCUT2D eigenvalue weighted by Crippen LogP contribution is 2.19. The van der Waals surface area contributed by atoms with Crippen molar-refractivity contribution in [3.63, 3.8) is 0 Å². The number of benzene rings is 2.